The van der Waals surface area contributed by atoms with E-state index in [4.69, 9.17) is 9.84 Å². The Morgan fingerprint density at radius 1 is 1.14 bits per heavy atom. The molecule has 2 aromatic carbocycles. The molecule has 0 unspecified atom stereocenters. The zero-order chi connectivity index (χ0) is 21.6. The Morgan fingerprint density at radius 2 is 1.79 bits per heavy atom. The quantitative estimate of drug-likeness (QED) is 0.549. The molecule has 0 heterocycles. The van der Waals surface area contributed by atoms with E-state index >= 15 is 0 Å². The maximum absolute atomic E-state index is 12.7. The van der Waals surface area contributed by atoms with Gasteiger partial charge in [0, 0.05) is 18.2 Å². The van der Waals surface area contributed by atoms with Crippen molar-refractivity contribution in [3.8, 4) is 0 Å². The van der Waals surface area contributed by atoms with E-state index in [9.17, 15) is 19.7 Å². The van der Waals surface area contributed by atoms with Gasteiger partial charge >= 0.3 is 12.1 Å². The molecule has 0 bridgehead atoms. The first kappa shape index (κ1) is 21.9. The summed E-state index contributed by atoms with van der Waals surface area (Å²) < 4.78 is 5.45. The van der Waals surface area contributed by atoms with E-state index in [-0.39, 0.29) is 29.9 Å². The van der Waals surface area contributed by atoms with Crippen molar-refractivity contribution < 1.29 is 24.4 Å². The number of hydrogen-bond donors (Lipinski definition) is 1. The second-order valence-electron chi connectivity index (χ2n) is 7.54. The number of amides is 1. The van der Waals surface area contributed by atoms with E-state index in [2.05, 4.69) is 0 Å². The highest BCUT2D eigenvalue weighted by Gasteiger charge is 2.25. The molecule has 0 aliphatic heterocycles. The van der Waals surface area contributed by atoms with Crippen LogP contribution in [-0.4, -0.2) is 39.1 Å². The van der Waals surface area contributed by atoms with Crippen molar-refractivity contribution in [1.82, 2.24) is 4.90 Å². The van der Waals surface area contributed by atoms with Crippen LogP contribution in [-0.2, 0) is 17.7 Å². The number of aromatic carboxylic acids is 1. The van der Waals surface area contributed by atoms with E-state index in [0.29, 0.717) is 6.42 Å². The van der Waals surface area contributed by atoms with Crippen molar-refractivity contribution in [3.63, 3.8) is 0 Å². The number of carbonyl (C=O) groups is 2. The lowest BCUT2D eigenvalue weighted by atomic mass is 10.1. The van der Waals surface area contributed by atoms with Crippen molar-refractivity contribution in [3.05, 3.63) is 75.3 Å². The molecule has 0 aliphatic rings. The Kier molecular flexibility index (Phi) is 6.93. The highest BCUT2D eigenvalue weighted by atomic mass is 16.6. The third-order valence-electron chi connectivity index (χ3n) is 4.06. The minimum Gasteiger partial charge on any atom is -0.478 e. The van der Waals surface area contributed by atoms with Crippen LogP contribution in [0.15, 0.2) is 48.5 Å². The molecule has 0 saturated heterocycles. The lowest BCUT2D eigenvalue weighted by Crippen LogP contribution is -2.37. The maximum Gasteiger partial charge on any atom is 0.410 e. The fraction of sp³-hybridized carbons (Fsp3) is 0.333. The predicted molar refractivity (Wildman–Crippen MR) is 107 cm³/mol. The first-order chi connectivity index (χ1) is 13.6. The van der Waals surface area contributed by atoms with Gasteiger partial charge in [-0.1, -0.05) is 30.3 Å². The molecule has 29 heavy (non-hydrogen) atoms. The molecule has 2 rings (SSSR count). The topological polar surface area (TPSA) is 110 Å². The van der Waals surface area contributed by atoms with Gasteiger partial charge in [-0.25, -0.2) is 9.59 Å². The summed E-state index contributed by atoms with van der Waals surface area (Å²) in [6.07, 6.45) is -0.0498. The van der Waals surface area contributed by atoms with Crippen molar-refractivity contribution >= 4 is 17.7 Å². The van der Waals surface area contributed by atoms with Crippen LogP contribution in [0, 0.1) is 10.1 Å². The Hall–Kier alpha value is -3.42. The molecule has 1 N–H and O–H groups in total. The zero-order valence-electron chi connectivity index (χ0n) is 16.6. The number of rotatable bonds is 7. The van der Waals surface area contributed by atoms with Gasteiger partial charge in [0.05, 0.1) is 17.0 Å². The lowest BCUT2D eigenvalue weighted by molar-refractivity contribution is -0.385. The summed E-state index contributed by atoms with van der Waals surface area (Å²) in [4.78, 5) is 36.0. The van der Waals surface area contributed by atoms with Gasteiger partial charge < -0.3 is 14.7 Å². The van der Waals surface area contributed by atoms with Crippen LogP contribution < -0.4 is 0 Å². The van der Waals surface area contributed by atoms with Crippen LogP contribution in [0.3, 0.4) is 0 Å². The van der Waals surface area contributed by atoms with Gasteiger partial charge in [0.15, 0.2) is 0 Å². The molecule has 1 amide bonds. The fourth-order valence-corrected chi connectivity index (χ4v) is 2.68. The molecule has 2 aromatic rings. The van der Waals surface area contributed by atoms with E-state index < -0.39 is 22.6 Å². The molecule has 0 aliphatic carbocycles. The molecule has 154 valence electrons. The zero-order valence-corrected chi connectivity index (χ0v) is 16.6. The smallest absolute Gasteiger partial charge is 0.410 e. The Morgan fingerprint density at radius 3 is 2.34 bits per heavy atom. The van der Waals surface area contributed by atoms with Gasteiger partial charge in [-0.2, -0.15) is 0 Å². The molecule has 8 heteroatoms. The first-order valence-corrected chi connectivity index (χ1v) is 9.09. The number of nitro benzene ring substituents is 1. The van der Waals surface area contributed by atoms with Gasteiger partial charge in [-0.3, -0.25) is 10.1 Å². The summed E-state index contributed by atoms with van der Waals surface area (Å²) in [7, 11) is 0. The molecule has 0 aromatic heterocycles. The number of nitro groups is 1. The minimum atomic E-state index is -1.26. The molecular formula is C21H24N2O6. The van der Waals surface area contributed by atoms with Gasteiger partial charge in [0.2, 0.25) is 0 Å². The number of nitrogens with zero attached hydrogens (tertiary/aromatic N) is 2. The number of hydrogen-bond acceptors (Lipinski definition) is 5. The summed E-state index contributed by atoms with van der Waals surface area (Å²) in [6, 6.07) is 13.2. The highest BCUT2D eigenvalue weighted by molar-refractivity contribution is 5.88. The van der Waals surface area contributed by atoms with Crippen LogP contribution in [0.5, 0.6) is 0 Å². The average Bonchev–Trinajstić information content (AvgIpc) is 2.64. The number of benzene rings is 2. The molecular weight excluding hydrogens is 376 g/mol. The summed E-state index contributed by atoms with van der Waals surface area (Å²) in [6.45, 7) is 5.44. The van der Waals surface area contributed by atoms with Crippen LogP contribution in [0.1, 0.15) is 42.3 Å². The summed E-state index contributed by atoms with van der Waals surface area (Å²) in [5.74, 6) is -1.26. The van der Waals surface area contributed by atoms with Gasteiger partial charge in [0.25, 0.3) is 5.69 Å². The van der Waals surface area contributed by atoms with Gasteiger partial charge in [-0.15, -0.1) is 0 Å². The molecule has 0 saturated carbocycles. The van der Waals surface area contributed by atoms with Crippen LogP contribution in [0.4, 0.5) is 10.5 Å². The third kappa shape index (κ3) is 6.60. The summed E-state index contributed by atoms with van der Waals surface area (Å²) in [5, 5.41) is 20.5. The predicted octanol–water partition coefficient (Wildman–Crippen LogP) is 4.27. The monoisotopic (exact) mass is 400 g/mol. The standard InChI is InChI=1S/C21H24N2O6/c1-21(2,3)29-20(26)22(12-11-15-7-5-4-6-8-15)14-17-10-9-16(19(24)25)13-18(17)23(27)28/h4-10,13H,11-12,14H2,1-3H3,(H,24,25). The van der Waals surface area contributed by atoms with Crippen molar-refractivity contribution in [2.45, 2.75) is 39.3 Å². The van der Waals surface area contributed by atoms with Gasteiger partial charge in [-0.05, 0) is 44.9 Å². The van der Waals surface area contributed by atoms with Gasteiger partial charge in [0.1, 0.15) is 5.60 Å². The number of carboxylic acids is 1. The third-order valence-corrected chi connectivity index (χ3v) is 4.06. The van der Waals surface area contributed by atoms with Crippen LogP contribution >= 0.6 is 0 Å². The summed E-state index contributed by atoms with van der Waals surface area (Å²) >= 11 is 0. The van der Waals surface area contributed by atoms with Crippen molar-refractivity contribution in [2.24, 2.45) is 0 Å². The number of carboxylic acid groups (broad SMARTS) is 1. The minimum absolute atomic E-state index is 0.0715. The first-order valence-electron chi connectivity index (χ1n) is 9.09. The lowest BCUT2D eigenvalue weighted by Gasteiger charge is -2.27. The number of carbonyl (C=O) groups excluding carboxylic acids is 1. The molecule has 0 fully saturated rings. The van der Waals surface area contributed by atoms with Crippen LogP contribution in [0.2, 0.25) is 0 Å². The average molecular weight is 400 g/mol. The summed E-state index contributed by atoms with van der Waals surface area (Å²) in [5.41, 5.74) is -0.0105. The maximum atomic E-state index is 12.7. The van der Waals surface area contributed by atoms with E-state index in [1.807, 2.05) is 30.3 Å². The second-order valence-corrected chi connectivity index (χ2v) is 7.54. The Bertz CT molecular complexity index is 890. The SMILES string of the molecule is CC(C)(C)OC(=O)N(CCc1ccccc1)Cc1ccc(C(=O)O)cc1[N+](=O)[O-]. The Labute approximate surface area is 168 Å². The fourth-order valence-electron chi connectivity index (χ4n) is 2.68. The van der Waals surface area contributed by atoms with E-state index in [1.54, 1.807) is 20.8 Å². The largest absolute Gasteiger partial charge is 0.478 e. The second kappa shape index (κ2) is 9.18. The highest BCUT2D eigenvalue weighted by Crippen LogP contribution is 2.23. The number of ether oxygens (including phenoxy) is 1. The van der Waals surface area contributed by atoms with Crippen LogP contribution in [0.25, 0.3) is 0 Å². The van der Waals surface area contributed by atoms with Crippen molar-refractivity contribution in [2.75, 3.05) is 6.54 Å². The van der Waals surface area contributed by atoms with E-state index in [1.165, 1.54) is 17.0 Å². The molecule has 8 nitrogen and oxygen atoms in total. The molecule has 0 spiro atoms. The Balaban J connectivity index is 2.29. The van der Waals surface area contributed by atoms with E-state index in [0.717, 1.165) is 11.6 Å². The van der Waals surface area contributed by atoms with Crippen molar-refractivity contribution in [1.29, 1.82) is 0 Å². The normalized spacial score (nSPS) is 11.0. The molecule has 0 radical (unpaired) electrons. The molecule has 0 atom stereocenters.